The first-order chi connectivity index (χ1) is 8.92. The first-order valence-electron chi connectivity index (χ1n) is 6.55. The number of aryl methyl sites for hydroxylation is 2. The van der Waals surface area contributed by atoms with Gasteiger partial charge in [-0.05, 0) is 51.0 Å². The summed E-state index contributed by atoms with van der Waals surface area (Å²) in [6, 6.07) is 5.96. The van der Waals surface area contributed by atoms with E-state index in [0.29, 0.717) is 13.1 Å². The largest absolute Gasteiger partial charge is 0.484 e. The number of amides is 1. The van der Waals surface area contributed by atoms with E-state index < -0.39 is 0 Å². The summed E-state index contributed by atoms with van der Waals surface area (Å²) in [5.74, 6) is 0.738. The van der Waals surface area contributed by atoms with E-state index in [4.69, 9.17) is 4.74 Å². The van der Waals surface area contributed by atoms with Gasteiger partial charge in [-0.25, -0.2) is 0 Å². The van der Waals surface area contributed by atoms with Crippen molar-refractivity contribution in [1.82, 2.24) is 4.90 Å². The van der Waals surface area contributed by atoms with Crippen LogP contribution in [0.1, 0.15) is 25.0 Å². The van der Waals surface area contributed by atoms with Crippen LogP contribution in [0.5, 0.6) is 5.75 Å². The summed E-state index contributed by atoms with van der Waals surface area (Å²) < 4.78 is 5.57. The molecule has 0 heterocycles. The van der Waals surface area contributed by atoms with Gasteiger partial charge in [0.05, 0.1) is 0 Å². The summed E-state index contributed by atoms with van der Waals surface area (Å²) in [4.78, 5) is 13.8. The Morgan fingerprint density at radius 2 is 1.84 bits per heavy atom. The molecule has 0 fully saturated rings. The Balaban J connectivity index is 2.59. The Labute approximate surface area is 115 Å². The summed E-state index contributed by atoms with van der Waals surface area (Å²) in [6.45, 7) is 13.1. The zero-order valence-corrected chi connectivity index (χ0v) is 12.3. The fraction of sp³-hybridized carbons (Fsp3) is 0.438. The van der Waals surface area contributed by atoms with E-state index in [1.54, 1.807) is 4.90 Å². The summed E-state index contributed by atoms with van der Waals surface area (Å²) in [6.07, 6.45) is 0. The molecule has 3 nitrogen and oxygen atoms in total. The van der Waals surface area contributed by atoms with Crippen molar-refractivity contribution in [3.8, 4) is 5.75 Å². The molecule has 0 spiro atoms. The van der Waals surface area contributed by atoms with Gasteiger partial charge in [-0.15, -0.1) is 0 Å². The average Bonchev–Trinajstić information content (AvgIpc) is 2.31. The minimum absolute atomic E-state index is 0.00957. The molecule has 0 aromatic heterocycles. The number of hydrogen-bond acceptors (Lipinski definition) is 2. The third kappa shape index (κ3) is 5.16. The summed E-state index contributed by atoms with van der Waals surface area (Å²) in [5.41, 5.74) is 3.25. The van der Waals surface area contributed by atoms with Gasteiger partial charge in [0.25, 0.3) is 5.91 Å². The maximum atomic E-state index is 12.0. The maximum Gasteiger partial charge on any atom is 0.260 e. The normalized spacial score (nSPS) is 10.1. The van der Waals surface area contributed by atoms with Gasteiger partial charge in [0, 0.05) is 13.1 Å². The van der Waals surface area contributed by atoms with Crippen LogP contribution in [0.4, 0.5) is 0 Å². The van der Waals surface area contributed by atoms with Crippen LogP contribution in [0.15, 0.2) is 30.4 Å². The Morgan fingerprint density at radius 1 is 1.26 bits per heavy atom. The van der Waals surface area contributed by atoms with Crippen LogP contribution < -0.4 is 4.74 Å². The summed E-state index contributed by atoms with van der Waals surface area (Å²) >= 11 is 0. The van der Waals surface area contributed by atoms with E-state index in [9.17, 15) is 4.79 Å². The molecule has 19 heavy (non-hydrogen) atoms. The van der Waals surface area contributed by atoms with Crippen LogP contribution >= 0.6 is 0 Å². The highest BCUT2D eigenvalue weighted by molar-refractivity contribution is 5.78. The van der Waals surface area contributed by atoms with Crippen molar-refractivity contribution in [2.75, 3.05) is 19.7 Å². The standard InChI is InChI=1S/C16H23NO2/c1-6-17(10-12(2)3)16(18)11-19-15-8-13(4)7-14(5)9-15/h7-9H,2,6,10-11H2,1,3-5H3. The van der Waals surface area contributed by atoms with E-state index in [0.717, 1.165) is 22.4 Å². The third-order valence-electron chi connectivity index (χ3n) is 2.75. The lowest BCUT2D eigenvalue weighted by Crippen LogP contribution is -2.35. The van der Waals surface area contributed by atoms with Gasteiger partial charge in [0.2, 0.25) is 0 Å². The lowest BCUT2D eigenvalue weighted by atomic mass is 10.1. The van der Waals surface area contributed by atoms with Gasteiger partial charge in [0.15, 0.2) is 6.61 Å². The number of ether oxygens (including phenoxy) is 1. The van der Waals surface area contributed by atoms with Crippen molar-refractivity contribution in [2.45, 2.75) is 27.7 Å². The predicted molar refractivity (Wildman–Crippen MR) is 78.5 cm³/mol. The van der Waals surface area contributed by atoms with E-state index in [1.165, 1.54) is 0 Å². The molecule has 1 aromatic carbocycles. The molecular weight excluding hydrogens is 238 g/mol. The molecule has 0 bridgehead atoms. The van der Waals surface area contributed by atoms with E-state index >= 15 is 0 Å². The number of hydrogen-bond donors (Lipinski definition) is 0. The highest BCUT2D eigenvalue weighted by atomic mass is 16.5. The van der Waals surface area contributed by atoms with Crippen molar-refractivity contribution in [3.05, 3.63) is 41.5 Å². The fourth-order valence-corrected chi connectivity index (χ4v) is 1.95. The zero-order chi connectivity index (χ0) is 14.4. The second-order valence-corrected chi connectivity index (χ2v) is 4.98. The van der Waals surface area contributed by atoms with E-state index in [1.807, 2.05) is 39.8 Å². The number of rotatable bonds is 6. The molecule has 1 amide bonds. The first kappa shape index (κ1) is 15.3. The van der Waals surface area contributed by atoms with Crippen molar-refractivity contribution >= 4 is 5.91 Å². The molecule has 1 aromatic rings. The highest BCUT2D eigenvalue weighted by Crippen LogP contribution is 2.16. The maximum absolute atomic E-state index is 12.0. The topological polar surface area (TPSA) is 29.5 Å². The number of nitrogens with zero attached hydrogens (tertiary/aromatic N) is 1. The molecule has 0 atom stereocenters. The Morgan fingerprint density at radius 3 is 2.32 bits per heavy atom. The van der Waals surface area contributed by atoms with E-state index in [2.05, 4.69) is 12.6 Å². The molecule has 104 valence electrons. The van der Waals surface area contributed by atoms with Gasteiger partial charge >= 0.3 is 0 Å². The monoisotopic (exact) mass is 261 g/mol. The Kier molecular flexibility index (Phi) is 5.61. The Hall–Kier alpha value is -1.77. The van der Waals surface area contributed by atoms with Crippen LogP contribution in [0.25, 0.3) is 0 Å². The number of likely N-dealkylation sites (N-methyl/N-ethyl adjacent to an activating group) is 1. The third-order valence-corrected chi connectivity index (χ3v) is 2.75. The molecule has 0 saturated carbocycles. The van der Waals surface area contributed by atoms with Crippen molar-refractivity contribution in [1.29, 1.82) is 0 Å². The minimum Gasteiger partial charge on any atom is -0.484 e. The van der Waals surface area contributed by atoms with Gasteiger partial charge in [0.1, 0.15) is 5.75 Å². The predicted octanol–water partition coefficient (Wildman–Crippen LogP) is 3.11. The molecule has 0 aliphatic carbocycles. The van der Waals surface area contributed by atoms with Crippen LogP contribution in [0, 0.1) is 13.8 Å². The Bertz CT molecular complexity index is 446. The lowest BCUT2D eigenvalue weighted by molar-refractivity contribution is -0.132. The molecule has 0 unspecified atom stereocenters. The van der Waals surface area contributed by atoms with Crippen LogP contribution in [-0.4, -0.2) is 30.5 Å². The van der Waals surface area contributed by atoms with Gasteiger partial charge in [-0.2, -0.15) is 0 Å². The molecule has 0 N–H and O–H groups in total. The van der Waals surface area contributed by atoms with Gasteiger partial charge < -0.3 is 9.64 Å². The number of carbonyl (C=O) groups is 1. The quantitative estimate of drug-likeness (QED) is 0.736. The number of benzene rings is 1. The van der Waals surface area contributed by atoms with Crippen molar-refractivity contribution in [3.63, 3.8) is 0 Å². The molecule has 0 aliphatic rings. The lowest BCUT2D eigenvalue weighted by Gasteiger charge is -2.21. The number of carbonyl (C=O) groups excluding carboxylic acids is 1. The first-order valence-corrected chi connectivity index (χ1v) is 6.55. The minimum atomic E-state index is -0.00957. The van der Waals surface area contributed by atoms with Crippen molar-refractivity contribution < 1.29 is 9.53 Å². The van der Waals surface area contributed by atoms with Gasteiger partial charge in [-0.3, -0.25) is 4.79 Å². The van der Waals surface area contributed by atoms with Crippen LogP contribution in [-0.2, 0) is 4.79 Å². The second-order valence-electron chi connectivity index (χ2n) is 4.98. The van der Waals surface area contributed by atoms with Crippen molar-refractivity contribution in [2.24, 2.45) is 0 Å². The SMILES string of the molecule is C=C(C)CN(CC)C(=O)COc1cc(C)cc(C)c1. The molecule has 0 saturated heterocycles. The molecule has 3 heteroatoms. The van der Waals surface area contributed by atoms with Crippen LogP contribution in [0.3, 0.4) is 0 Å². The summed E-state index contributed by atoms with van der Waals surface area (Å²) in [5, 5.41) is 0. The second kappa shape index (κ2) is 6.98. The highest BCUT2D eigenvalue weighted by Gasteiger charge is 2.12. The fourth-order valence-electron chi connectivity index (χ4n) is 1.95. The average molecular weight is 261 g/mol. The smallest absolute Gasteiger partial charge is 0.260 e. The molecule has 0 aliphatic heterocycles. The zero-order valence-electron chi connectivity index (χ0n) is 12.3. The summed E-state index contributed by atoms with van der Waals surface area (Å²) in [7, 11) is 0. The molecule has 0 radical (unpaired) electrons. The molecular formula is C16H23NO2. The van der Waals surface area contributed by atoms with Gasteiger partial charge in [-0.1, -0.05) is 18.2 Å². The molecule has 1 rings (SSSR count). The van der Waals surface area contributed by atoms with E-state index in [-0.39, 0.29) is 12.5 Å². The van der Waals surface area contributed by atoms with Crippen LogP contribution in [0.2, 0.25) is 0 Å².